The van der Waals surface area contributed by atoms with Crippen LogP contribution in [0, 0.1) is 12.7 Å². The number of ether oxygens (including phenoxy) is 2. The summed E-state index contributed by atoms with van der Waals surface area (Å²) < 4.78 is 23.7. The number of nitrogens with one attached hydrogen (secondary N) is 2. The number of aromatic nitrogens is 1. The van der Waals surface area contributed by atoms with E-state index in [1.54, 1.807) is 25.1 Å². The van der Waals surface area contributed by atoms with Gasteiger partial charge in [0.15, 0.2) is 6.61 Å². The zero-order valence-corrected chi connectivity index (χ0v) is 17.3. The molecule has 0 fully saturated rings. The van der Waals surface area contributed by atoms with Gasteiger partial charge in [-0.2, -0.15) is 0 Å². The second-order valence-electron chi connectivity index (χ2n) is 6.65. The summed E-state index contributed by atoms with van der Waals surface area (Å²) in [6.07, 6.45) is 1.43. The number of amides is 1. The van der Waals surface area contributed by atoms with Crippen LogP contribution in [0.3, 0.4) is 0 Å². The third-order valence-corrected chi connectivity index (χ3v) is 4.42. The van der Waals surface area contributed by atoms with Crippen molar-refractivity contribution in [2.24, 2.45) is 0 Å². The number of hydrogen-bond donors (Lipinski definition) is 2. The molecule has 0 bridgehead atoms. The number of nitrogens with zero attached hydrogens (tertiary/aromatic N) is 1. The second kappa shape index (κ2) is 10.2. The first-order valence-corrected chi connectivity index (χ1v) is 9.51. The molecule has 0 saturated carbocycles. The van der Waals surface area contributed by atoms with Crippen molar-refractivity contribution in [3.63, 3.8) is 0 Å². The van der Waals surface area contributed by atoms with E-state index in [4.69, 9.17) is 4.74 Å². The van der Waals surface area contributed by atoms with E-state index >= 15 is 0 Å². The Bertz CT molecular complexity index is 1170. The van der Waals surface area contributed by atoms with Crippen molar-refractivity contribution in [1.82, 2.24) is 4.98 Å². The van der Waals surface area contributed by atoms with Crippen molar-refractivity contribution >= 4 is 35.0 Å². The summed E-state index contributed by atoms with van der Waals surface area (Å²) in [4.78, 5) is 40.5. The van der Waals surface area contributed by atoms with Crippen LogP contribution in [0.25, 0.3) is 0 Å². The normalized spacial score (nSPS) is 10.2. The number of esters is 2. The molecule has 2 aromatic carbocycles. The summed E-state index contributed by atoms with van der Waals surface area (Å²) in [5, 5.41) is 5.34. The number of para-hydroxylation sites is 1. The number of anilines is 3. The molecule has 3 aromatic rings. The highest BCUT2D eigenvalue weighted by atomic mass is 19.1. The molecule has 9 heteroatoms. The van der Waals surface area contributed by atoms with Crippen molar-refractivity contribution in [2.45, 2.75) is 6.92 Å². The van der Waals surface area contributed by atoms with Gasteiger partial charge in [-0.15, -0.1) is 0 Å². The Labute approximate surface area is 183 Å². The summed E-state index contributed by atoms with van der Waals surface area (Å²) in [6.45, 7) is 1.17. The number of pyridine rings is 1. The molecule has 0 unspecified atom stereocenters. The smallest absolute Gasteiger partial charge is 0.342 e. The molecule has 164 valence electrons. The van der Waals surface area contributed by atoms with Crippen LogP contribution in [0.5, 0.6) is 0 Å². The molecule has 8 nitrogen and oxygen atoms in total. The van der Waals surface area contributed by atoms with Crippen LogP contribution < -0.4 is 10.6 Å². The molecule has 0 radical (unpaired) electrons. The summed E-state index contributed by atoms with van der Waals surface area (Å²) in [7, 11) is 1.26. The van der Waals surface area contributed by atoms with E-state index in [0.717, 1.165) is 0 Å². The Morgan fingerprint density at radius 2 is 1.78 bits per heavy atom. The van der Waals surface area contributed by atoms with Gasteiger partial charge in [-0.05, 0) is 48.9 Å². The maximum absolute atomic E-state index is 13.9. The minimum atomic E-state index is -0.813. The molecule has 0 spiro atoms. The molecule has 0 aliphatic carbocycles. The molecular formula is C23H20FN3O5. The Balaban J connectivity index is 1.66. The molecule has 3 rings (SSSR count). The quantitative estimate of drug-likeness (QED) is 0.541. The van der Waals surface area contributed by atoms with Gasteiger partial charge in [0, 0.05) is 11.9 Å². The van der Waals surface area contributed by atoms with Gasteiger partial charge in [0.05, 0.1) is 18.4 Å². The minimum Gasteiger partial charge on any atom is -0.465 e. The van der Waals surface area contributed by atoms with Crippen molar-refractivity contribution in [2.75, 3.05) is 24.4 Å². The largest absolute Gasteiger partial charge is 0.465 e. The van der Waals surface area contributed by atoms with E-state index in [0.29, 0.717) is 11.3 Å². The summed E-state index contributed by atoms with van der Waals surface area (Å²) >= 11 is 0. The van der Waals surface area contributed by atoms with Crippen molar-refractivity contribution < 1.29 is 28.2 Å². The Morgan fingerprint density at radius 3 is 2.53 bits per heavy atom. The van der Waals surface area contributed by atoms with Gasteiger partial charge in [-0.1, -0.05) is 18.2 Å². The zero-order chi connectivity index (χ0) is 23.1. The summed E-state index contributed by atoms with van der Waals surface area (Å²) in [6, 6.07) is 13.6. The molecule has 32 heavy (non-hydrogen) atoms. The highest BCUT2D eigenvalue weighted by Gasteiger charge is 2.17. The molecule has 0 atom stereocenters. The van der Waals surface area contributed by atoms with Crippen LogP contribution in [0.1, 0.15) is 26.3 Å². The number of aryl methyl sites for hydroxylation is 1. The maximum Gasteiger partial charge on any atom is 0.342 e. The van der Waals surface area contributed by atoms with Crippen LogP contribution in [0.15, 0.2) is 60.8 Å². The SMILES string of the molecule is COC(=O)c1ccc(C)c(NC(=O)COC(=O)c2cccnc2Nc2ccccc2F)c1. The predicted octanol–water partition coefficient (Wildman–Crippen LogP) is 3.85. The van der Waals surface area contributed by atoms with E-state index < -0.39 is 30.3 Å². The molecule has 0 aliphatic heterocycles. The topological polar surface area (TPSA) is 107 Å². The van der Waals surface area contributed by atoms with Crippen molar-refractivity contribution in [3.05, 3.63) is 83.3 Å². The van der Waals surface area contributed by atoms with Gasteiger partial charge in [-0.25, -0.2) is 19.0 Å². The van der Waals surface area contributed by atoms with Gasteiger partial charge < -0.3 is 20.1 Å². The van der Waals surface area contributed by atoms with Gasteiger partial charge in [-0.3, -0.25) is 4.79 Å². The van der Waals surface area contributed by atoms with Crippen LogP contribution >= 0.6 is 0 Å². The Kier molecular flexibility index (Phi) is 7.12. The highest BCUT2D eigenvalue weighted by Crippen LogP contribution is 2.22. The lowest BCUT2D eigenvalue weighted by atomic mass is 10.1. The number of rotatable bonds is 7. The van der Waals surface area contributed by atoms with Gasteiger partial charge in [0.1, 0.15) is 17.2 Å². The highest BCUT2D eigenvalue weighted by molar-refractivity contribution is 5.99. The van der Waals surface area contributed by atoms with E-state index in [1.165, 1.54) is 49.7 Å². The lowest BCUT2D eigenvalue weighted by Crippen LogP contribution is -2.22. The summed E-state index contributed by atoms with van der Waals surface area (Å²) in [5.74, 6) is -2.38. The van der Waals surface area contributed by atoms with E-state index in [-0.39, 0.29) is 22.6 Å². The number of hydrogen-bond acceptors (Lipinski definition) is 7. The average molecular weight is 437 g/mol. The van der Waals surface area contributed by atoms with Crippen LogP contribution in [0.2, 0.25) is 0 Å². The fourth-order valence-electron chi connectivity index (χ4n) is 2.76. The van der Waals surface area contributed by atoms with Crippen molar-refractivity contribution in [1.29, 1.82) is 0 Å². The fraction of sp³-hybridized carbons (Fsp3) is 0.130. The third-order valence-electron chi connectivity index (χ3n) is 4.42. The zero-order valence-electron chi connectivity index (χ0n) is 17.3. The van der Waals surface area contributed by atoms with E-state index in [1.807, 2.05) is 0 Å². The molecule has 0 aliphatic rings. The molecular weight excluding hydrogens is 417 g/mol. The number of methoxy groups -OCH3 is 1. The fourth-order valence-corrected chi connectivity index (χ4v) is 2.76. The first kappa shape index (κ1) is 22.4. The lowest BCUT2D eigenvalue weighted by molar-refractivity contribution is -0.119. The van der Waals surface area contributed by atoms with Crippen LogP contribution in [-0.4, -0.2) is 36.5 Å². The standard InChI is InChI=1S/C23H20FN3O5/c1-14-9-10-15(22(29)31-2)12-19(14)26-20(28)13-32-23(30)16-6-5-11-25-21(16)27-18-8-4-3-7-17(18)24/h3-12H,13H2,1-2H3,(H,25,27)(H,26,28). The third kappa shape index (κ3) is 5.45. The van der Waals surface area contributed by atoms with Gasteiger partial charge in [0.25, 0.3) is 5.91 Å². The first-order chi connectivity index (χ1) is 15.4. The van der Waals surface area contributed by atoms with Gasteiger partial charge >= 0.3 is 11.9 Å². The predicted molar refractivity (Wildman–Crippen MR) is 115 cm³/mol. The molecule has 1 aromatic heterocycles. The molecule has 1 heterocycles. The molecule has 1 amide bonds. The van der Waals surface area contributed by atoms with Gasteiger partial charge in [0.2, 0.25) is 0 Å². The lowest BCUT2D eigenvalue weighted by Gasteiger charge is -2.12. The summed E-state index contributed by atoms with van der Waals surface area (Å²) in [5.41, 5.74) is 1.54. The average Bonchev–Trinajstić information content (AvgIpc) is 2.80. The maximum atomic E-state index is 13.9. The Morgan fingerprint density at radius 1 is 1.00 bits per heavy atom. The number of benzene rings is 2. The Hall–Kier alpha value is -4.27. The van der Waals surface area contributed by atoms with E-state index in [9.17, 15) is 18.8 Å². The van der Waals surface area contributed by atoms with Crippen LogP contribution in [-0.2, 0) is 14.3 Å². The number of carbonyl (C=O) groups is 3. The monoisotopic (exact) mass is 437 g/mol. The first-order valence-electron chi connectivity index (χ1n) is 9.51. The second-order valence-corrected chi connectivity index (χ2v) is 6.65. The van der Waals surface area contributed by atoms with Crippen molar-refractivity contribution in [3.8, 4) is 0 Å². The molecule has 2 N–H and O–H groups in total. The molecule has 0 saturated heterocycles. The number of carbonyl (C=O) groups excluding carboxylic acids is 3. The van der Waals surface area contributed by atoms with E-state index in [2.05, 4.69) is 20.4 Å². The van der Waals surface area contributed by atoms with Crippen LogP contribution in [0.4, 0.5) is 21.6 Å². The minimum absolute atomic E-state index is 0.0347. The number of halogens is 1.